The van der Waals surface area contributed by atoms with Crippen LogP contribution in [0.1, 0.15) is 30.6 Å². The van der Waals surface area contributed by atoms with Crippen molar-refractivity contribution >= 4 is 35.1 Å². The summed E-state index contributed by atoms with van der Waals surface area (Å²) in [6, 6.07) is 2.81. The molecule has 1 aromatic rings. The van der Waals surface area contributed by atoms with Gasteiger partial charge in [-0.3, -0.25) is 9.59 Å². The van der Waals surface area contributed by atoms with Gasteiger partial charge in [0.15, 0.2) is 0 Å². The summed E-state index contributed by atoms with van der Waals surface area (Å²) in [7, 11) is 0. The van der Waals surface area contributed by atoms with E-state index < -0.39 is 5.97 Å². The largest absolute Gasteiger partial charge is 0.481 e. The van der Waals surface area contributed by atoms with Gasteiger partial charge in [-0.2, -0.15) is 0 Å². The SMILES string of the molecule is CC(C)N(CCC(=O)O)C(=O)c1ccc(Cl)nc1Cl. The molecule has 5 nitrogen and oxygen atoms in total. The first kappa shape index (κ1) is 15.7. The van der Waals surface area contributed by atoms with Gasteiger partial charge in [0.2, 0.25) is 0 Å². The van der Waals surface area contributed by atoms with E-state index in [2.05, 4.69) is 4.98 Å². The Morgan fingerprint density at radius 2 is 2.00 bits per heavy atom. The van der Waals surface area contributed by atoms with Crippen molar-refractivity contribution in [2.45, 2.75) is 26.3 Å². The van der Waals surface area contributed by atoms with Crippen LogP contribution in [0.15, 0.2) is 12.1 Å². The normalized spacial score (nSPS) is 10.6. The molecular formula is C12H14Cl2N2O3. The lowest BCUT2D eigenvalue weighted by Crippen LogP contribution is -2.38. The fraction of sp³-hybridized carbons (Fsp3) is 0.417. The number of hydrogen-bond acceptors (Lipinski definition) is 3. The standard InChI is InChI=1S/C12H14Cl2N2O3/c1-7(2)16(6-5-10(17)18)12(19)8-3-4-9(13)15-11(8)14/h3-4,7H,5-6H2,1-2H3,(H,17,18). The maximum atomic E-state index is 12.3. The second kappa shape index (κ2) is 6.73. The molecule has 0 fully saturated rings. The van der Waals surface area contributed by atoms with Crippen LogP contribution in [0, 0.1) is 0 Å². The summed E-state index contributed by atoms with van der Waals surface area (Å²) in [6.45, 7) is 3.72. The topological polar surface area (TPSA) is 70.5 Å². The van der Waals surface area contributed by atoms with E-state index in [0.29, 0.717) is 0 Å². The van der Waals surface area contributed by atoms with Gasteiger partial charge < -0.3 is 10.0 Å². The van der Waals surface area contributed by atoms with Crippen LogP contribution < -0.4 is 0 Å². The van der Waals surface area contributed by atoms with Gasteiger partial charge in [0.05, 0.1) is 12.0 Å². The lowest BCUT2D eigenvalue weighted by Gasteiger charge is -2.26. The Morgan fingerprint density at radius 3 is 2.47 bits per heavy atom. The van der Waals surface area contributed by atoms with E-state index in [9.17, 15) is 9.59 Å². The Hall–Kier alpha value is -1.33. The fourth-order valence-electron chi connectivity index (χ4n) is 1.54. The third kappa shape index (κ3) is 4.36. The van der Waals surface area contributed by atoms with E-state index in [1.807, 2.05) is 0 Å². The highest BCUT2D eigenvalue weighted by Crippen LogP contribution is 2.19. The number of carbonyl (C=O) groups is 2. The van der Waals surface area contributed by atoms with Gasteiger partial charge in [0, 0.05) is 12.6 Å². The molecule has 0 aliphatic heterocycles. The first-order valence-electron chi connectivity index (χ1n) is 5.67. The van der Waals surface area contributed by atoms with Crippen molar-refractivity contribution in [3.63, 3.8) is 0 Å². The molecule has 0 bridgehead atoms. The molecule has 0 aliphatic rings. The number of amides is 1. The van der Waals surface area contributed by atoms with Crippen LogP contribution in [-0.2, 0) is 4.79 Å². The number of carboxylic acids is 1. The van der Waals surface area contributed by atoms with Gasteiger partial charge in [-0.05, 0) is 26.0 Å². The van der Waals surface area contributed by atoms with Crippen LogP contribution in [0.2, 0.25) is 10.3 Å². The van der Waals surface area contributed by atoms with E-state index in [1.54, 1.807) is 13.8 Å². The van der Waals surface area contributed by atoms with Crippen molar-refractivity contribution in [1.82, 2.24) is 9.88 Å². The van der Waals surface area contributed by atoms with Gasteiger partial charge in [-0.25, -0.2) is 4.98 Å². The molecule has 0 unspecified atom stereocenters. The van der Waals surface area contributed by atoms with Gasteiger partial charge in [0.1, 0.15) is 10.3 Å². The minimum atomic E-state index is -0.959. The van der Waals surface area contributed by atoms with E-state index in [4.69, 9.17) is 28.3 Å². The molecule has 7 heteroatoms. The number of aliphatic carboxylic acids is 1. The van der Waals surface area contributed by atoms with Crippen LogP contribution in [-0.4, -0.2) is 39.5 Å². The first-order valence-corrected chi connectivity index (χ1v) is 6.43. The van der Waals surface area contributed by atoms with E-state index in [0.717, 1.165) is 0 Å². The molecule has 104 valence electrons. The summed E-state index contributed by atoms with van der Waals surface area (Å²) in [5.41, 5.74) is 0.213. The summed E-state index contributed by atoms with van der Waals surface area (Å²) in [5.74, 6) is -1.32. The summed E-state index contributed by atoms with van der Waals surface area (Å²) in [4.78, 5) is 28.1. The molecule has 0 saturated heterocycles. The zero-order valence-electron chi connectivity index (χ0n) is 10.6. The Morgan fingerprint density at radius 1 is 1.37 bits per heavy atom. The van der Waals surface area contributed by atoms with Crippen molar-refractivity contribution < 1.29 is 14.7 Å². The molecule has 0 aromatic carbocycles. The van der Waals surface area contributed by atoms with Crippen molar-refractivity contribution in [1.29, 1.82) is 0 Å². The average Bonchev–Trinajstić information content (AvgIpc) is 2.27. The van der Waals surface area contributed by atoms with Crippen molar-refractivity contribution in [3.8, 4) is 0 Å². The molecule has 19 heavy (non-hydrogen) atoms. The van der Waals surface area contributed by atoms with Crippen LogP contribution in [0.5, 0.6) is 0 Å². The highest BCUT2D eigenvalue weighted by atomic mass is 35.5. The number of nitrogens with zero attached hydrogens (tertiary/aromatic N) is 2. The number of pyridine rings is 1. The van der Waals surface area contributed by atoms with Crippen molar-refractivity contribution in [2.75, 3.05) is 6.54 Å². The van der Waals surface area contributed by atoms with Gasteiger partial charge in [-0.15, -0.1) is 0 Å². The maximum absolute atomic E-state index is 12.3. The molecule has 0 aliphatic carbocycles. The van der Waals surface area contributed by atoms with Crippen LogP contribution in [0.25, 0.3) is 0 Å². The number of carboxylic acid groups (broad SMARTS) is 1. The van der Waals surface area contributed by atoms with E-state index >= 15 is 0 Å². The summed E-state index contributed by atoms with van der Waals surface area (Å²) in [6.07, 6.45) is -0.122. The summed E-state index contributed by atoms with van der Waals surface area (Å²) < 4.78 is 0. The highest BCUT2D eigenvalue weighted by molar-refractivity contribution is 6.34. The maximum Gasteiger partial charge on any atom is 0.305 e. The number of carbonyl (C=O) groups excluding carboxylic acids is 1. The third-order valence-electron chi connectivity index (χ3n) is 2.50. The van der Waals surface area contributed by atoms with Crippen molar-refractivity contribution in [2.24, 2.45) is 0 Å². The zero-order chi connectivity index (χ0) is 14.6. The number of halogens is 2. The third-order valence-corrected chi connectivity index (χ3v) is 2.99. The Bertz CT molecular complexity index is 492. The average molecular weight is 305 g/mol. The van der Waals surface area contributed by atoms with E-state index in [-0.39, 0.29) is 40.8 Å². The highest BCUT2D eigenvalue weighted by Gasteiger charge is 2.22. The lowest BCUT2D eigenvalue weighted by atomic mass is 10.2. The molecule has 1 rings (SSSR count). The predicted octanol–water partition coefficient (Wildman–Crippen LogP) is 2.71. The van der Waals surface area contributed by atoms with E-state index in [1.165, 1.54) is 17.0 Å². The molecule has 1 amide bonds. The molecule has 0 radical (unpaired) electrons. The van der Waals surface area contributed by atoms with Gasteiger partial charge in [-0.1, -0.05) is 23.2 Å². The summed E-state index contributed by atoms with van der Waals surface area (Å²) >= 11 is 11.5. The molecule has 1 heterocycles. The zero-order valence-corrected chi connectivity index (χ0v) is 12.1. The minimum absolute atomic E-state index is 0.0125. The number of hydrogen-bond donors (Lipinski definition) is 1. The molecule has 0 spiro atoms. The molecule has 0 atom stereocenters. The van der Waals surface area contributed by atoms with Crippen molar-refractivity contribution in [3.05, 3.63) is 28.0 Å². The predicted molar refractivity (Wildman–Crippen MR) is 72.7 cm³/mol. The monoisotopic (exact) mass is 304 g/mol. The second-order valence-electron chi connectivity index (χ2n) is 4.21. The van der Waals surface area contributed by atoms with Crippen LogP contribution in [0.4, 0.5) is 0 Å². The van der Waals surface area contributed by atoms with Gasteiger partial charge in [0.25, 0.3) is 5.91 Å². The number of aromatic nitrogens is 1. The first-order chi connectivity index (χ1) is 8.82. The fourth-order valence-corrected chi connectivity index (χ4v) is 1.96. The van der Waals surface area contributed by atoms with Crippen LogP contribution >= 0.6 is 23.2 Å². The number of rotatable bonds is 5. The smallest absolute Gasteiger partial charge is 0.305 e. The molecular weight excluding hydrogens is 291 g/mol. The Labute approximate surface area is 121 Å². The van der Waals surface area contributed by atoms with Gasteiger partial charge >= 0.3 is 5.97 Å². The minimum Gasteiger partial charge on any atom is -0.481 e. The quantitative estimate of drug-likeness (QED) is 0.849. The molecule has 1 aromatic heterocycles. The molecule has 0 saturated carbocycles. The molecule has 1 N–H and O–H groups in total. The van der Waals surface area contributed by atoms with Crippen LogP contribution in [0.3, 0.4) is 0 Å². The Balaban J connectivity index is 2.95. The Kier molecular flexibility index (Phi) is 5.57. The lowest BCUT2D eigenvalue weighted by molar-refractivity contribution is -0.137. The second-order valence-corrected chi connectivity index (χ2v) is 4.95. The summed E-state index contributed by atoms with van der Waals surface area (Å²) in [5, 5.41) is 8.90.